The van der Waals surface area contributed by atoms with E-state index >= 15 is 0 Å². The second-order valence-corrected chi connectivity index (χ2v) is 4.74. The van der Waals surface area contributed by atoms with Crippen LogP contribution in [0.1, 0.15) is 12.8 Å². The van der Waals surface area contributed by atoms with Crippen LogP contribution in [0.15, 0.2) is 24.3 Å². The van der Waals surface area contributed by atoms with Crippen molar-refractivity contribution in [1.29, 1.82) is 0 Å². The number of benzene rings is 1. The van der Waals surface area contributed by atoms with Crippen molar-refractivity contribution in [3.8, 4) is 5.75 Å². The van der Waals surface area contributed by atoms with Crippen LogP contribution >= 0.6 is 0 Å². The van der Waals surface area contributed by atoms with E-state index in [1.54, 1.807) is 7.11 Å². The SMILES string of the molecule is COc1ccc(N2CCCC(N)(CO)C2)cc1. The lowest BCUT2D eigenvalue weighted by Crippen LogP contribution is -2.56. The van der Waals surface area contributed by atoms with Gasteiger partial charge >= 0.3 is 0 Å². The van der Waals surface area contributed by atoms with E-state index in [4.69, 9.17) is 10.5 Å². The van der Waals surface area contributed by atoms with Gasteiger partial charge in [-0.05, 0) is 37.1 Å². The predicted octanol–water partition coefficient (Wildman–Crippen LogP) is 0.985. The first kappa shape index (κ1) is 12.2. The molecule has 0 aromatic heterocycles. The van der Waals surface area contributed by atoms with Gasteiger partial charge in [-0.1, -0.05) is 0 Å². The van der Waals surface area contributed by atoms with Gasteiger partial charge in [0.2, 0.25) is 0 Å². The molecule has 2 rings (SSSR count). The zero-order valence-corrected chi connectivity index (χ0v) is 10.2. The lowest BCUT2D eigenvalue weighted by molar-refractivity contribution is 0.177. The molecule has 1 aromatic carbocycles. The normalized spacial score (nSPS) is 24.8. The third-order valence-corrected chi connectivity index (χ3v) is 3.36. The van der Waals surface area contributed by atoms with Gasteiger partial charge in [0, 0.05) is 18.8 Å². The molecule has 4 heteroatoms. The van der Waals surface area contributed by atoms with Crippen LogP contribution in [0, 0.1) is 0 Å². The molecule has 17 heavy (non-hydrogen) atoms. The van der Waals surface area contributed by atoms with Crippen LogP contribution in [0.2, 0.25) is 0 Å². The van der Waals surface area contributed by atoms with E-state index in [-0.39, 0.29) is 6.61 Å². The molecule has 0 spiro atoms. The molecule has 1 heterocycles. The Balaban J connectivity index is 2.10. The minimum atomic E-state index is -0.460. The Kier molecular flexibility index (Phi) is 3.54. The number of anilines is 1. The predicted molar refractivity (Wildman–Crippen MR) is 68.4 cm³/mol. The third-order valence-electron chi connectivity index (χ3n) is 3.36. The largest absolute Gasteiger partial charge is 0.497 e. The maximum absolute atomic E-state index is 9.33. The topological polar surface area (TPSA) is 58.7 Å². The highest BCUT2D eigenvalue weighted by atomic mass is 16.5. The first-order valence-corrected chi connectivity index (χ1v) is 5.96. The fourth-order valence-corrected chi connectivity index (χ4v) is 2.30. The maximum atomic E-state index is 9.33. The number of hydrogen-bond donors (Lipinski definition) is 2. The van der Waals surface area contributed by atoms with Crippen molar-refractivity contribution < 1.29 is 9.84 Å². The van der Waals surface area contributed by atoms with Crippen molar-refractivity contribution in [2.24, 2.45) is 5.73 Å². The quantitative estimate of drug-likeness (QED) is 0.821. The molecule has 1 saturated heterocycles. The van der Waals surface area contributed by atoms with Crippen molar-refractivity contribution in [1.82, 2.24) is 0 Å². The smallest absolute Gasteiger partial charge is 0.119 e. The summed E-state index contributed by atoms with van der Waals surface area (Å²) < 4.78 is 5.14. The third kappa shape index (κ3) is 2.70. The Bertz CT molecular complexity index is 366. The number of hydrogen-bond acceptors (Lipinski definition) is 4. The van der Waals surface area contributed by atoms with E-state index in [9.17, 15) is 5.11 Å². The fraction of sp³-hybridized carbons (Fsp3) is 0.538. The molecule has 1 atom stereocenters. The maximum Gasteiger partial charge on any atom is 0.119 e. The van der Waals surface area contributed by atoms with E-state index in [0.29, 0.717) is 6.54 Å². The summed E-state index contributed by atoms with van der Waals surface area (Å²) in [5, 5.41) is 9.33. The van der Waals surface area contributed by atoms with Gasteiger partial charge in [-0.2, -0.15) is 0 Å². The van der Waals surface area contributed by atoms with Gasteiger partial charge in [0.05, 0.1) is 19.3 Å². The van der Waals surface area contributed by atoms with Gasteiger partial charge in [0.15, 0.2) is 0 Å². The Hall–Kier alpha value is -1.26. The van der Waals surface area contributed by atoms with Crippen LogP contribution in [0.3, 0.4) is 0 Å². The zero-order valence-electron chi connectivity index (χ0n) is 10.2. The zero-order chi connectivity index (χ0) is 12.3. The molecule has 0 bridgehead atoms. The number of rotatable bonds is 3. The molecular weight excluding hydrogens is 216 g/mol. The molecule has 94 valence electrons. The summed E-state index contributed by atoms with van der Waals surface area (Å²) in [4.78, 5) is 2.22. The summed E-state index contributed by atoms with van der Waals surface area (Å²) >= 11 is 0. The second kappa shape index (κ2) is 4.94. The van der Waals surface area contributed by atoms with E-state index in [1.165, 1.54) is 0 Å². The molecule has 4 nitrogen and oxygen atoms in total. The molecule has 1 aromatic rings. The van der Waals surface area contributed by atoms with E-state index in [0.717, 1.165) is 30.8 Å². The highest BCUT2D eigenvalue weighted by molar-refractivity contribution is 5.50. The van der Waals surface area contributed by atoms with Gasteiger partial charge in [-0.15, -0.1) is 0 Å². The molecule has 0 amide bonds. The number of ether oxygens (including phenoxy) is 1. The minimum absolute atomic E-state index is 0.0413. The summed E-state index contributed by atoms with van der Waals surface area (Å²) in [7, 11) is 1.66. The molecule has 1 aliphatic rings. The van der Waals surface area contributed by atoms with Gasteiger partial charge in [0.25, 0.3) is 0 Å². The minimum Gasteiger partial charge on any atom is -0.497 e. The molecule has 0 radical (unpaired) electrons. The van der Waals surface area contributed by atoms with Crippen molar-refractivity contribution in [2.75, 3.05) is 31.7 Å². The second-order valence-electron chi connectivity index (χ2n) is 4.74. The molecule has 0 aliphatic carbocycles. The number of piperidine rings is 1. The number of nitrogens with two attached hydrogens (primary N) is 1. The van der Waals surface area contributed by atoms with Gasteiger partial charge < -0.3 is 20.5 Å². The molecule has 1 unspecified atom stereocenters. The Morgan fingerprint density at radius 2 is 2.12 bits per heavy atom. The summed E-state index contributed by atoms with van der Waals surface area (Å²) in [5.41, 5.74) is 6.80. The Morgan fingerprint density at radius 3 is 2.71 bits per heavy atom. The summed E-state index contributed by atoms with van der Waals surface area (Å²) in [6, 6.07) is 7.95. The van der Waals surface area contributed by atoms with Gasteiger partial charge in [-0.3, -0.25) is 0 Å². The number of nitrogens with zero attached hydrogens (tertiary/aromatic N) is 1. The molecule has 1 fully saturated rings. The highest BCUT2D eigenvalue weighted by Crippen LogP contribution is 2.25. The average Bonchev–Trinajstić information content (AvgIpc) is 2.39. The molecule has 3 N–H and O–H groups in total. The lowest BCUT2D eigenvalue weighted by atomic mass is 9.91. The van der Waals surface area contributed by atoms with E-state index in [2.05, 4.69) is 4.90 Å². The highest BCUT2D eigenvalue weighted by Gasteiger charge is 2.30. The number of aliphatic hydroxyl groups is 1. The molecule has 0 saturated carbocycles. The average molecular weight is 236 g/mol. The van der Waals surface area contributed by atoms with Crippen molar-refractivity contribution >= 4 is 5.69 Å². The van der Waals surface area contributed by atoms with Crippen molar-refractivity contribution in [3.05, 3.63) is 24.3 Å². The van der Waals surface area contributed by atoms with E-state index in [1.807, 2.05) is 24.3 Å². The first-order valence-electron chi connectivity index (χ1n) is 5.96. The molecule has 1 aliphatic heterocycles. The first-order chi connectivity index (χ1) is 8.17. The van der Waals surface area contributed by atoms with Gasteiger partial charge in [-0.25, -0.2) is 0 Å². The number of aliphatic hydroxyl groups excluding tert-OH is 1. The monoisotopic (exact) mass is 236 g/mol. The van der Waals surface area contributed by atoms with Crippen LogP contribution in [0.4, 0.5) is 5.69 Å². The van der Waals surface area contributed by atoms with Crippen LogP contribution in [-0.4, -0.2) is 37.5 Å². The molecular formula is C13H20N2O2. The van der Waals surface area contributed by atoms with Crippen LogP contribution in [-0.2, 0) is 0 Å². The lowest BCUT2D eigenvalue weighted by Gasteiger charge is -2.40. The van der Waals surface area contributed by atoms with E-state index < -0.39 is 5.54 Å². The summed E-state index contributed by atoms with van der Waals surface area (Å²) in [6.07, 6.45) is 1.90. The van der Waals surface area contributed by atoms with Crippen LogP contribution in [0.25, 0.3) is 0 Å². The Labute approximate surface area is 102 Å². The standard InChI is InChI=1S/C13H20N2O2/c1-17-12-5-3-11(4-6-12)15-8-2-7-13(14,9-15)10-16/h3-6,16H,2,7-10,14H2,1H3. The van der Waals surface area contributed by atoms with Crippen molar-refractivity contribution in [3.63, 3.8) is 0 Å². The Morgan fingerprint density at radius 1 is 1.41 bits per heavy atom. The summed E-state index contributed by atoms with van der Waals surface area (Å²) in [6.45, 7) is 1.74. The van der Waals surface area contributed by atoms with Gasteiger partial charge in [0.1, 0.15) is 5.75 Å². The summed E-state index contributed by atoms with van der Waals surface area (Å²) in [5.74, 6) is 0.854. The van der Waals surface area contributed by atoms with Crippen LogP contribution < -0.4 is 15.4 Å². The van der Waals surface area contributed by atoms with Crippen LogP contribution in [0.5, 0.6) is 5.75 Å². The van der Waals surface area contributed by atoms with Crippen molar-refractivity contribution in [2.45, 2.75) is 18.4 Å². The number of methoxy groups -OCH3 is 1. The fourth-order valence-electron chi connectivity index (χ4n) is 2.30.